The number of carbonyl (C=O) groups is 1. The van der Waals surface area contributed by atoms with Crippen molar-refractivity contribution >= 4 is 11.4 Å². The van der Waals surface area contributed by atoms with E-state index in [0.717, 1.165) is 16.9 Å². The van der Waals surface area contributed by atoms with Crippen LogP contribution in [0.4, 0.5) is 0 Å². The fraction of sp³-hybridized carbons (Fsp3) is 0.0455. The standard InChI is InChI=1S/C22H18O2/c1-17(19-10-6-3-7-11-19)22(23)20-12-14-21(15-13-20)24-16-18-8-4-2-5-9-18/h2-15H,1,16H2. The lowest BCUT2D eigenvalue weighted by atomic mass is 9.98. The number of rotatable bonds is 6. The van der Waals surface area contributed by atoms with Crippen LogP contribution < -0.4 is 4.74 Å². The minimum Gasteiger partial charge on any atom is -0.489 e. The molecule has 24 heavy (non-hydrogen) atoms. The zero-order valence-electron chi connectivity index (χ0n) is 13.3. The van der Waals surface area contributed by atoms with E-state index in [1.54, 1.807) is 12.1 Å². The smallest absolute Gasteiger partial charge is 0.193 e. The molecule has 0 amide bonds. The van der Waals surface area contributed by atoms with Crippen LogP contribution in [0.25, 0.3) is 5.57 Å². The van der Waals surface area contributed by atoms with Crippen molar-refractivity contribution < 1.29 is 9.53 Å². The SMILES string of the molecule is C=C(C(=O)c1ccc(OCc2ccccc2)cc1)c1ccccc1. The van der Waals surface area contributed by atoms with Crippen LogP contribution >= 0.6 is 0 Å². The summed E-state index contributed by atoms with van der Waals surface area (Å²) in [4.78, 5) is 12.5. The summed E-state index contributed by atoms with van der Waals surface area (Å²) in [5.74, 6) is 0.663. The third-order valence-electron chi connectivity index (χ3n) is 3.76. The van der Waals surface area contributed by atoms with Crippen molar-refractivity contribution in [3.8, 4) is 5.75 Å². The lowest BCUT2D eigenvalue weighted by Gasteiger charge is -2.08. The first-order chi connectivity index (χ1) is 11.7. The Morgan fingerprint density at radius 2 is 1.33 bits per heavy atom. The highest BCUT2D eigenvalue weighted by Gasteiger charge is 2.12. The van der Waals surface area contributed by atoms with Gasteiger partial charge < -0.3 is 4.74 Å². The molecule has 0 aliphatic carbocycles. The van der Waals surface area contributed by atoms with Gasteiger partial charge in [-0.25, -0.2) is 0 Å². The number of allylic oxidation sites excluding steroid dienone is 1. The van der Waals surface area contributed by atoms with Crippen molar-refractivity contribution in [2.75, 3.05) is 0 Å². The molecule has 118 valence electrons. The van der Waals surface area contributed by atoms with Crippen LogP contribution in [0.5, 0.6) is 5.75 Å². The Balaban J connectivity index is 1.66. The topological polar surface area (TPSA) is 26.3 Å². The highest BCUT2D eigenvalue weighted by atomic mass is 16.5. The highest BCUT2D eigenvalue weighted by Crippen LogP contribution is 2.20. The summed E-state index contributed by atoms with van der Waals surface area (Å²) in [7, 11) is 0. The third-order valence-corrected chi connectivity index (χ3v) is 3.76. The van der Waals surface area contributed by atoms with Gasteiger partial charge in [-0.3, -0.25) is 4.79 Å². The zero-order valence-corrected chi connectivity index (χ0v) is 13.3. The summed E-state index contributed by atoms with van der Waals surface area (Å²) in [5, 5.41) is 0. The average Bonchev–Trinajstić information content (AvgIpc) is 2.67. The molecule has 0 atom stereocenters. The molecule has 0 aliphatic rings. The first-order valence-electron chi connectivity index (χ1n) is 7.80. The molecular formula is C22H18O2. The molecule has 2 heteroatoms. The Labute approximate surface area is 142 Å². The summed E-state index contributed by atoms with van der Waals surface area (Å²) in [5.41, 5.74) is 3.05. The van der Waals surface area contributed by atoms with Crippen LogP contribution in [0.2, 0.25) is 0 Å². The van der Waals surface area contributed by atoms with Crippen molar-refractivity contribution in [3.63, 3.8) is 0 Å². The maximum atomic E-state index is 12.5. The van der Waals surface area contributed by atoms with E-state index in [4.69, 9.17) is 4.74 Å². The number of benzene rings is 3. The first-order valence-corrected chi connectivity index (χ1v) is 7.80. The molecule has 3 rings (SSSR count). The normalized spacial score (nSPS) is 10.2. The molecule has 2 nitrogen and oxygen atoms in total. The van der Waals surface area contributed by atoms with Gasteiger partial charge in [0.05, 0.1) is 0 Å². The molecule has 0 bridgehead atoms. The summed E-state index contributed by atoms with van der Waals surface area (Å²) in [6.45, 7) is 4.42. The third kappa shape index (κ3) is 3.79. The highest BCUT2D eigenvalue weighted by molar-refractivity contribution is 6.28. The number of Topliss-reactive ketones (excluding diaryl/α,β-unsaturated/α-hetero) is 1. The number of hydrogen-bond acceptors (Lipinski definition) is 2. The molecule has 0 aromatic heterocycles. The fourth-order valence-electron chi connectivity index (χ4n) is 2.39. The lowest BCUT2D eigenvalue weighted by Crippen LogP contribution is -2.02. The predicted molar refractivity (Wildman–Crippen MR) is 97.0 cm³/mol. The van der Waals surface area contributed by atoms with E-state index in [0.29, 0.717) is 17.7 Å². The van der Waals surface area contributed by atoms with Crippen molar-refractivity contribution in [2.24, 2.45) is 0 Å². The van der Waals surface area contributed by atoms with Crippen LogP contribution in [0.3, 0.4) is 0 Å². The summed E-state index contributed by atoms with van der Waals surface area (Å²) >= 11 is 0. The van der Waals surface area contributed by atoms with Gasteiger partial charge in [0.15, 0.2) is 5.78 Å². The Kier molecular flexibility index (Phi) is 4.87. The van der Waals surface area contributed by atoms with Crippen LogP contribution in [0.15, 0.2) is 91.5 Å². The number of ketones is 1. The van der Waals surface area contributed by atoms with Gasteiger partial charge in [-0.15, -0.1) is 0 Å². The Hall–Kier alpha value is -3.13. The van der Waals surface area contributed by atoms with E-state index in [1.807, 2.05) is 72.8 Å². The Morgan fingerprint density at radius 1 is 0.750 bits per heavy atom. The molecule has 0 radical (unpaired) electrons. The van der Waals surface area contributed by atoms with Gasteiger partial charge in [0, 0.05) is 11.1 Å². The molecule has 0 N–H and O–H groups in total. The Morgan fingerprint density at radius 3 is 1.96 bits per heavy atom. The number of carbonyl (C=O) groups excluding carboxylic acids is 1. The molecule has 3 aromatic carbocycles. The minimum atomic E-state index is -0.0733. The Bertz CT molecular complexity index is 819. The zero-order chi connectivity index (χ0) is 16.8. The van der Waals surface area contributed by atoms with Gasteiger partial charge in [0.25, 0.3) is 0 Å². The second kappa shape index (κ2) is 7.42. The maximum absolute atomic E-state index is 12.5. The number of ether oxygens (including phenoxy) is 1. The van der Waals surface area contributed by atoms with E-state index < -0.39 is 0 Å². The minimum absolute atomic E-state index is 0.0733. The van der Waals surface area contributed by atoms with E-state index in [1.165, 1.54) is 0 Å². The van der Waals surface area contributed by atoms with Crippen LogP contribution in [0.1, 0.15) is 21.5 Å². The van der Waals surface area contributed by atoms with Gasteiger partial charge >= 0.3 is 0 Å². The summed E-state index contributed by atoms with van der Waals surface area (Å²) < 4.78 is 5.74. The second-order valence-electron chi connectivity index (χ2n) is 5.47. The molecule has 0 saturated carbocycles. The molecular weight excluding hydrogens is 296 g/mol. The monoisotopic (exact) mass is 314 g/mol. The van der Waals surface area contributed by atoms with Crippen LogP contribution in [0, 0.1) is 0 Å². The van der Waals surface area contributed by atoms with Crippen molar-refractivity contribution in [1.29, 1.82) is 0 Å². The maximum Gasteiger partial charge on any atom is 0.193 e. The first kappa shape index (κ1) is 15.8. The van der Waals surface area contributed by atoms with Gasteiger partial charge in [0.1, 0.15) is 12.4 Å². The lowest BCUT2D eigenvalue weighted by molar-refractivity contribution is 0.105. The van der Waals surface area contributed by atoms with E-state index in [-0.39, 0.29) is 5.78 Å². The molecule has 0 saturated heterocycles. The number of hydrogen-bond donors (Lipinski definition) is 0. The molecule has 0 spiro atoms. The average molecular weight is 314 g/mol. The molecule has 0 fully saturated rings. The van der Waals surface area contributed by atoms with Crippen molar-refractivity contribution in [1.82, 2.24) is 0 Å². The summed E-state index contributed by atoms with van der Waals surface area (Å²) in [6.07, 6.45) is 0. The van der Waals surface area contributed by atoms with E-state index in [2.05, 4.69) is 6.58 Å². The van der Waals surface area contributed by atoms with Crippen molar-refractivity contribution in [2.45, 2.75) is 6.61 Å². The van der Waals surface area contributed by atoms with Crippen LogP contribution in [-0.4, -0.2) is 5.78 Å². The van der Waals surface area contributed by atoms with E-state index in [9.17, 15) is 4.79 Å². The quantitative estimate of drug-likeness (QED) is 0.464. The largest absolute Gasteiger partial charge is 0.489 e. The fourth-order valence-corrected chi connectivity index (χ4v) is 2.39. The van der Waals surface area contributed by atoms with E-state index >= 15 is 0 Å². The van der Waals surface area contributed by atoms with Gasteiger partial charge in [-0.1, -0.05) is 67.2 Å². The summed E-state index contributed by atoms with van der Waals surface area (Å²) in [6, 6.07) is 26.6. The van der Waals surface area contributed by atoms with Gasteiger partial charge in [-0.05, 0) is 35.4 Å². The van der Waals surface area contributed by atoms with Crippen molar-refractivity contribution in [3.05, 3.63) is 108 Å². The molecule has 0 heterocycles. The van der Waals surface area contributed by atoms with Crippen LogP contribution in [-0.2, 0) is 6.61 Å². The second-order valence-corrected chi connectivity index (χ2v) is 5.47. The molecule has 0 unspecified atom stereocenters. The molecule has 0 aliphatic heterocycles. The van der Waals surface area contributed by atoms with Gasteiger partial charge in [-0.2, -0.15) is 0 Å². The van der Waals surface area contributed by atoms with Gasteiger partial charge in [0.2, 0.25) is 0 Å². The molecule has 3 aromatic rings. The predicted octanol–water partition coefficient (Wildman–Crippen LogP) is 5.16.